The summed E-state index contributed by atoms with van der Waals surface area (Å²) in [5.41, 5.74) is 2.44. The maximum atomic E-state index is 5.45. The molecular formula is C19H29IN6O. The smallest absolute Gasteiger partial charge is 0.191 e. The minimum Gasteiger partial charge on any atom is -0.496 e. The summed E-state index contributed by atoms with van der Waals surface area (Å²) < 4.78 is 7.64. The zero-order chi connectivity index (χ0) is 18.4. The minimum absolute atomic E-state index is 0. The van der Waals surface area contributed by atoms with Gasteiger partial charge in [0.15, 0.2) is 11.8 Å². The normalized spacial score (nSPS) is 13.1. The van der Waals surface area contributed by atoms with E-state index in [1.54, 1.807) is 7.11 Å². The summed E-state index contributed by atoms with van der Waals surface area (Å²) in [5, 5.41) is 15.2. The Labute approximate surface area is 178 Å². The summed E-state index contributed by atoms with van der Waals surface area (Å²) in [6.45, 7) is 7.30. The highest BCUT2D eigenvalue weighted by atomic mass is 127. The lowest BCUT2D eigenvalue weighted by Gasteiger charge is -2.13. The van der Waals surface area contributed by atoms with Crippen LogP contribution in [0.5, 0.6) is 5.75 Å². The van der Waals surface area contributed by atoms with E-state index in [2.05, 4.69) is 56.4 Å². The first-order valence-corrected chi connectivity index (χ1v) is 9.28. The zero-order valence-electron chi connectivity index (χ0n) is 16.3. The van der Waals surface area contributed by atoms with Crippen molar-refractivity contribution in [3.05, 3.63) is 41.0 Å². The van der Waals surface area contributed by atoms with E-state index in [9.17, 15) is 0 Å². The van der Waals surface area contributed by atoms with E-state index in [1.165, 1.54) is 11.1 Å². The van der Waals surface area contributed by atoms with E-state index in [-0.39, 0.29) is 24.0 Å². The number of methoxy groups -OCH3 is 1. The predicted molar refractivity (Wildman–Crippen MR) is 118 cm³/mol. The predicted octanol–water partition coefficient (Wildman–Crippen LogP) is 2.46. The highest BCUT2D eigenvalue weighted by molar-refractivity contribution is 14.0. The van der Waals surface area contributed by atoms with Crippen molar-refractivity contribution in [3.63, 3.8) is 0 Å². The fourth-order valence-corrected chi connectivity index (χ4v) is 3.24. The molecule has 2 N–H and O–H groups in total. The number of guanidine groups is 1. The van der Waals surface area contributed by atoms with E-state index in [0.717, 1.165) is 62.3 Å². The van der Waals surface area contributed by atoms with Crippen LogP contribution < -0.4 is 15.4 Å². The molecule has 0 bridgehead atoms. The van der Waals surface area contributed by atoms with Gasteiger partial charge in [-0.25, -0.2) is 4.99 Å². The molecule has 27 heavy (non-hydrogen) atoms. The number of fused-ring (bicyclic) bond motifs is 1. The summed E-state index contributed by atoms with van der Waals surface area (Å²) in [7, 11) is 1.71. The number of ether oxygens (including phenoxy) is 1. The Morgan fingerprint density at radius 1 is 1.30 bits per heavy atom. The van der Waals surface area contributed by atoms with Gasteiger partial charge >= 0.3 is 0 Å². The van der Waals surface area contributed by atoms with Crippen LogP contribution >= 0.6 is 24.0 Å². The second-order valence-corrected chi connectivity index (χ2v) is 6.47. The van der Waals surface area contributed by atoms with Crippen LogP contribution in [0.1, 0.15) is 36.1 Å². The van der Waals surface area contributed by atoms with Gasteiger partial charge < -0.3 is 19.9 Å². The summed E-state index contributed by atoms with van der Waals surface area (Å²) >= 11 is 0. The molecule has 3 rings (SSSR count). The second kappa shape index (κ2) is 10.5. The molecule has 0 atom stereocenters. The van der Waals surface area contributed by atoms with Gasteiger partial charge in [-0.1, -0.05) is 17.7 Å². The number of aryl methyl sites for hydroxylation is 2. The molecule has 0 radical (unpaired) electrons. The van der Waals surface area contributed by atoms with Crippen molar-refractivity contribution in [3.8, 4) is 5.75 Å². The molecule has 0 spiro atoms. The molecular weight excluding hydrogens is 455 g/mol. The Bertz CT molecular complexity index is 774. The molecule has 0 saturated carbocycles. The quantitative estimate of drug-likeness (QED) is 0.359. The molecule has 1 aromatic heterocycles. The summed E-state index contributed by atoms with van der Waals surface area (Å²) in [4.78, 5) is 4.66. The number of benzene rings is 1. The maximum Gasteiger partial charge on any atom is 0.191 e. The van der Waals surface area contributed by atoms with Gasteiger partial charge in [0.1, 0.15) is 18.1 Å². The highest BCUT2D eigenvalue weighted by Crippen LogP contribution is 2.19. The van der Waals surface area contributed by atoms with Gasteiger partial charge in [0, 0.05) is 26.1 Å². The lowest BCUT2D eigenvalue weighted by molar-refractivity contribution is 0.409. The standard InChI is InChI=1S/C19H28N6O.HI/c1-4-20-19(22-13-18-24-23-17-6-5-11-25(17)18)21-10-9-15-12-14(2)7-8-16(15)26-3;/h7-8,12H,4-6,9-11,13H2,1-3H3,(H2,20,21,22);1H. The Hall–Kier alpha value is -1.84. The van der Waals surface area contributed by atoms with E-state index < -0.39 is 0 Å². The summed E-state index contributed by atoms with van der Waals surface area (Å²) in [5.74, 6) is 3.75. The van der Waals surface area contributed by atoms with Crippen LogP contribution in [0, 0.1) is 6.92 Å². The average Bonchev–Trinajstić information content (AvgIpc) is 3.24. The molecule has 1 aromatic carbocycles. The van der Waals surface area contributed by atoms with Crippen LogP contribution in [0.15, 0.2) is 23.2 Å². The largest absolute Gasteiger partial charge is 0.496 e. The highest BCUT2D eigenvalue weighted by Gasteiger charge is 2.16. The van der Waals surface area contributed by atoms with Gasteiger partial charge in [0.25, 0.3) is 0 Å². The molecule has 0 unspecified atom stereocenters. The van der Waals surface area contributed by atoms with Crippen LogP contribution in [-0.4, -0.2) is 40.9 Å². The number of hydrogen-bond acceptors (Lipinski definition) is 4. The number of hydrogen-bond donors (Lipinski definition) is 2. The van der Waals surface area contributed by atoms with Gasteiger partial charge in [-0.3, -0.25) is 0 Å². The van der Waals surface area contributed by atoms with Crippen LogP contribution in [0.25, 0.3) is 0 Å². The molecule has 1 aliphatic heterocycles. The molecule has 0 aliphatic carbocycles. The van der Waals surface area contributed by atoms with Crippen molar-refractivity contribution in [2.75, 3.05) is 20.2 Å². The lowest BCUT2D eigenvalue weighted by Crippen LogP contribution is -2.38. The topological polar surface area (TPSA) is 76.4 Å². The van der Waals surface area contributed by atoms with Crippen LogP contribution in [0.4, 0.5) is 0 Å². The Morgan fingerprint density at radius 3 is 2.93 bits per heavy atom. The Balaban J connectivity index is 0.00000261. The van der Waals surface area contributed by atoms with Gasteiger partial charge in [0.2, 0.25) is 0 Å². The minimum atomic E-state index is 0. The number of halogens is 1. The fourth-order valence-electron chi connectivity index (χ4n) is 3.24. The van der Waals surface area contributed by atoms with Gasteiger partial charge in [0.05, 0.1) is 7.11 Å². The second-order valence-electron chi connectivity index (χ2n) is 6.47. The third-order valence-corrected chi connectivity index (χ3v) is 4.53. The molecule has 7 nitrogen and oxygen atoms in total. The first-order chi connectivity index (χ1) is 12.7. The molecule has 0 amide bonds. The van der Waals surface area contributed by atoms with Crippen molar-refractivity contribution in [1.82, 2.24) is 25.4 Å². The summed E-state index contributed by atoms with van der Waals surface area (Å²) in [6, 6.07) is 6.26. The Morgan fingerprint density at radius 2 is 2.15 bits per heavy atom. The Kier molecular flexibility index (Phi) is 8.33. The van der Waals surface area contributed by atoms with Crippen molar-refractivity contribution < 1.29 is 4.74 Å². The van der Waals surface area contributed by atoms with Crippen LogP contribution in [0.2, 0.25) is 0 Å². The van der Waals surface area contributed by atoms with E-state index >= 15 is 0 Å². The molecule has 2 heterocycles. The number of nitrogens with zero attached hydrogens (tertiary/aromatic N) is 4. The van der Waals surface area contributed by atoms with E-state index in [1.807, 2.05) is 6.07 Å². The van der Waals surface area contributed by atoms with Gasteiger partial charge in [-0.05, 0) is 38.3 Å². The SMILES string of the molecule is CCNC(=NCc1nnc2n1CCC2)NCCc1cc(C)ccc1OC.I. The number of aromatic nitrogens is 3. The first-order valence-electron chi connectivity index (χ1n) is 9.28. The van der Waals surface area contributed by atoms with Crippen LogP contribution in [-0.2, 0) is 25.9 Å². The molecule has 1 aliphatic rings. The van der Waals surface area contributed by atoms with Gasteiger partial charge in [-0.15, -0.1) is 34.2 Å². The van der Waals surface area contributed by atoms with E-state index in [0.29, 0.717) is 6.54 Å². The average molecular weight is 484 g/mol. The molecule has 148 valence electrons. The van der Waals surface area contributed by atoms with E-state index in [4.69, 9.17) is 4.74 Å². The zero-order valence-corrected chi connectivity index (χ0v) is 18.6. The maximum absolute atomic E-state index is 5.45. The summed E-state index contributed by atoms with van der Waals surface area (Å²) in [6.07, 6.45) is 3.04. The molecule has 0 saturated heterocycles. The third kappa shape index (κ3) is 5.57. The van der Waals surface area contributed by atoms with Gasteiger partial charge in [-0.2, -0.15) is 0 Å². The number of rotatable bonds is 7. The number of nitrogens with one attached hydrogen (secondary N) is 2. The van der Waals surface area contributed by atoms with Crippen LogP contribution in [0.3, 0.4) is 0 Å². The van der Waals surface area contributed by atoms with Crippen molar-refractivity contribution in [2.24, 2.45) is 4.99 Å². The van der Waals surface area contributed by atoms with Crippen molar-refractivity contribution >= 4 is 29.9 Å². The molecule has 0 fully saturated rings. The number of aliphatic imine (C=N–C) groups is 1. The first kappa shape index (κ1) is 21.5. The van der Waals surface area contributed by atoms with Crippen molar-refractivity contribution in [1.29, 1.82) is 0 Å². The fraction of sp³-hybridized carbons (Fsp3) is 0.526. The molecule has 8 heteroatoms. The monoisotopic (exact) mass is 484 g/mol. The van der Waals surface area contributed by atoms with Crippen molar-refractivity contribution in [2.45, 2.75) is 46.2 Å². The third-order valence-electron chi connectivity index (χ3n) is 4.53. The lowest BCUT2D eigenvalue weighted by atomic mass is 10.1. The molecule has 2 aromatic rings.